The van der Waals surface area contributed by atoms with Crippen molar-refractivity contribution in [1.29, 1.82) is 0 Å². The van der Waals surface area contributed by atoms with Gasteiger partial charge in [-0.1, -0.05) is 0 Å². The number of fused-ring (bicyclic) bond motifs is 1. The van der Waals surface area contributed by atoms with Gasteiger partial charge in [0.25, 0.3) is 0 Å². The molecule has 1 aromatic carbocycles. The van der Waals surface area contributed by atoms with Gasteiger partial charge in [0.1, 0.15) is 18.2 Å². The van der Waals surface area contributed by atoms with Gasteiger partial charge in [0.15, 0.2) is 0 Å². The Morgan fingerprint density at radius 3 is 2.57 bits per heavy atom. The van der Waals surface area contributed by atoms with Crippen LogP contribution in [0.2, 0.25) is 0 Å². The van der Waals surface area contributed by atoms with Crippen molar-refractivity contribution in [2.45, 2.75) is 24.9 Å². The van der Waals surface area contributed by atoms with Gasteiger partial charge in [-0.05, 0) is 25.0 Å². The maximum absolute atomic E-state index is 11.4. The number of benzene rings is 1. The second kappa shape index (κ2) is 7.17. The molecule has 150 valence electrons. The van der Waals surface area contributed by atoms with Crippen LogP contribution in [0.5, 0.6) is 5.75 Å². The summed E-state index contributed by atoms with van der Waals surface area (Å²) in [6.45, 7) is 1.72. The molecule has 0 atom stereocenters. The molecule has 0 unspecified atom stereocenters. The van der Waals surface area contributed by atoms with Crippen molar-refractivity contribution in [3.63, 3.8) is 0 Å². The summed E-state index contributed by atoms with van der Waals surface area (Å²) in [7, 11) is -3.16. The maximum Gasteiger partial charge on any atom is 0.407 e. The molecule has 0 aliphatic carbocycles. The van der Waals surface area contributed by atoms with Crippen molar-refractivity contribution in [3.8, 4) is 5.75 Å². The number of rotatable bonds is 4. The van der Waals surface area contributed by atoms with E-state index >= 15 is 0 Å². The normalized spacial score (nSPS) is 19.5. The zero-order valence-corrected chi connectivity index (χ0v) is 16.3. The first kappa shape index (κ1) is 18.9. The van der Waals surface area contributed by atoms with E-state index in [9.17, 15) is 13.2 Å². The molecule has 2 aliphatic heterocycles. The molecule has 0 bridgehead atoms. The molecule has 28 heavy (non-hydrogen) atoms. The molecular weight excluding hydrogens is 384 g/mol. The van der Waals surface area contributed by atoms with Crippen LogP contribution in [0.15, 0.2) is 24.5 Å². The fourth-order valence-corrected chi connectivity index (χ4v) is 4.61. The molecule has 3 heterocycles. The number of likely N-dealkylation sites (tertiary alicyclic amines) is 1. The van der Waals surface area contributed by atoms with Gasteiger partial charge >= 0.3 is 6.09 Å². The predicted octanol–water partition coefficient (Wildman–Crippen LogP) is 1.51. The van der Waals surface area contributed by atoms with E-state index in [-0.39, 0.29) is 12.0 Å². The Balaban J connectivity index is 1.47. The van der Waals surface area contributed by atoms with Crippen molar-refractivity contribution in [2.75, 3.05) is 32.4 Å². The van der Waals surface area contributed by atoms with Crippen molar-refractivity contribution in [2.24, 2.45) is 0 Å². The van der Waals surface area contributed by atoms with Gasteiger partial charge in [-0.15, -0.1) is 0 Å². The quantitative estimate of drug-likeness (QED) is 0.819. The van der Waals surface area contributed by atoms with Crippen LogP contribution >= 0.6 is 0 Å². The minimum absolute atomic E-state index is 0.158. The molecule has 0 spiro atoms. The average molecular weight is 406 g/mol. The van der Waals surface area contributed by atoms with E-state index in [1.54, 1.807) is 0 Å². The zero-order chi connectivity index (χ0) is 19.9. The highest BCUT2D eigenvalue weighted by Crippen LogP contribution is 2.32. The van der Waals surface area contributed by atoms with Crippen molar-refractivity contribution < 1.29 is 23.1 Å². The Morgan fingerprint density at radius 1 is 1.21 bits per heavy atom. The van der Waals surface area contributed by atoms with Crippen LogP contribution in [0.25, 0.3) is 10.9 Å². The number of aromatic nitrogens is 2. The third-order valence-corrected chi connectivity index (χ3v) is 6.61. The topological polar surface area (TPSA) is 113 Å². The number of hydrogen-bond donors (Lipinski definition) is 1. The highest BCUT2D eigenvalue weighted by atomic mass is 32.2. The van der Waals surface area contributed by atoms with Crippen LogP contribution in [-0.2, 0) is 10.0 Å². The molecule has 0 radical (unpaired) electrons. The Bertz CT molecular complexity index is 998. The van der Waals surface area contributed by atoms with Gasteiger partial charge in [-0.3, -0.25) is 0 Å². The molecule has 2 aliphatic rings. The SMILES string of the molecule is CS(=O)(=O)N1CC(Oc2ccc3c(C4CCN(C(=O)O)CC4)ncnc3c2)C1. The number of carboxylic acid groups (broad SMARTS) is 1. The first-order valence-electron chi connectivity index (χ1n) is 9.15. The zero-order valence-electron chi connectivity index (χ0n) is 15.5. The number of hydrogen-bond acceptors (Lipinski definition) is 6. The highest BCUT2D eigenvalue weighted by molar-refractivity contribution is 7.88. The molecule has 1 amide bonds. The summed E-state index contributed by atoms with van der Waals surface area (Å²) >= 11 is 0. The van der Waals surface area contributed by atoms with E-state index in [1.807, 2.05) is 18.2 Å². The summed E-state index contributed by atoms with van der Waals surface area (Å²) in [5.74, 6) is 0.846. The summed E-state index contributed by atoms with van der Waals surface area (Å²) in [5.41, 5.74) is 1.70. The molecule has 9 nitrogen and oxygen atoms in total. The van der Waals surface area contributed by atoms with E-state index in [0.29, 0.717) is 31.9 Å². The van der Waals surface area contributed by atoms with Gasteiger partial charge < -0.3 is 14.7 Å². The Morgan fingerprint density at radius 2 is 1.93 bits per heavy atom. The second-order valence-corrected chi connectivity index (χ2v) is 9.28. The van der Waals surface area contributed by atoms with E-state index in [2.05, 4.69) is 9.97 Å². The smallest absolute Gasteiger partial charge is 0.407 e. The number of sulfonamides is 1. The predicted molar refractivity (Wildman–Crippen MR) is 102 cm³/mol. The summed E-state index contributed by atoms with van der Waals surface area (Å²) in [4.78, 5) is 21.3. The number of piperidine rings is 1. The van der Waals surface area contributed by atoms with Gasteiger partial charge in [0.2, 0.25) is 10.0 Å². The van der Waals surface area contributed by atoms with E-state index in [4.69, 9.17) is 9.84 Å². The molecule has 4 rings (SSSR count). The standard InChI is InChI=1S/C18H22N4O5S/c1-28(25,26)22-9-14(10-22)27-13-2-3-15-16(8-13)19-11-20-17(15)12-4-6-21(7-5-12)18(23)24/h2-3,8,11-12,14H,4-7,9-10H2,1H3,(H,23,24). The molecule has 2 saturated heterocycles. The van der Waals surface area contributed by atoms with Crippen LogP contribution < -0.4 is 4.74 Å². The number of ether oxygens (including phenoxy) is 1. The Hall–Kier alpha value is -2.46. The van der Waals surface area contributed by atoms with E-state index in [0.717, 1.165) is 29.4 Å². The maximum atomic E-state index is 11.4. The third-order valence-electron chi connectivity index (χ3n) is 5.38. The fraction of sp³-hybridized carbons (Fsp3) is 0.500. The van der Waals surface area contributed by atoms with Crippen molar-refractivity contribution in [1.82, 2.24) is 19.2 Å². The summed E-state index contributed by atoms with van der Waals surface area (Å²) in [6.07, 6.45) is 3.16. The fourth-order valence-electron chi connectivity index (χ4n) is 3.74. The lowest BCUT2D eigenvalue weighted by Crippen LogP contribution is -2.55. The summed E-state index contributed by atoms with van der Waals surface area (Å²) in [6, 6.07) is 5.62. The Labute approximate surface area is 163 Å². The average Bonchev–Trinajstić information content (AvgIpc) is 2.62. The lowest BCUT2D eigenvalue weighted by Gasteiger charge is -2.36. The third kappa shape index (κ3) is 3.74. The Kier molecular flexibility index (Phi) is 4.84. The van der Waals surface area contributed by atoms with Crippen molar-refractivity contribution in [3.05, 3.63) is 30.2 Å². The van der Waals surface area contributed by atoms with Crippen LogP contribution in [0, 0.1) is 0 Å². The van der Waals surface area contributed by atoms with Crippen LogP contribution in [0.1, 0.15) is 24.5 Å². The summed E-state index contributed by atoms with van der Waals surface area (Å²) < 4.78 is 30.1. The molecule has 2 aromatic rings. The monoisotopic (exact) mass is 406 g/mol. The number of carbonyl (C=O) groups is 1. The van der Waals surface area contributed by atoms with Crippen LogP contribution in [0.3, 0.4) is 0 Å². The minimum Gasteiger partial charge on any atom is -0.488 e. The van der Waals surface area contributed by atoms with Crippen LogP contribution in [-0.4, -0.2) is 77.3 Å². The summed E-state index contributed by atoms with van der Waals surface area (Å²) in [5, 5.41) is 10.0. The molecule has 10 heteroatoms. The van der Waals surface area contributed by atoms with Gasteiger partial charge in [0, 0.05) is 30.5 Å². The van der Waals surface area contributed by atoms with Crippen molar-refractivity contribution >= 4 is 27.0 Å². The first-order chi connectivity index (χ1) is 13.3. The molecule has 1 N–H and O–H groups in total. The second-order valence-electron chi connectivity index (χ2n) is 7.30. The molecule has 0 saturated carbocycles. The lowest BCUT2D eigenvalue weighted by molar-refractivity contribution is 0.0768. The van der Waals surface area contributed by atoms with Gasteiger partial charge in [-0.2, -0.15) is 4.31 Å². The molecule has 1 aromatic heterocycles. The molecule has 2 fully saturated rings. The number of amides is 1. The van der Waals surface area contributed by atoms with Gasteiger partial charge in [0.05, 0.1) is 30.6 Å². The largest absolute Gasteiger partial charge is 0.488 e. The molecular formula is C18H22N4O5S. The van der Waals surface area contributed by atoms with E-state index < -0.39 is 16.1 Å². The highest BCUT2D eigenvalue weighted by Gasteiger charge is 2.34. The lowest BCUT2D eigenvalue weighted by atomic mass is 9.91. The first-order valence-corrected chi connectivity index (χ1v) is 11.0. The van der Waals surface area contributed by atoms with Gasteiger partial charge in [-0.25, -0.2) is 23.2 Å². The minimum atomic E-state index is -3.16. The van der Waals surface area contributed by atoms with E-state index in [1.165, 1.54) is 21.8 Å². The van der Waals surface area contributed by atoms with Crippen LogP contribution in [0.4, 0.5) is 4.79 Å². The number of nitrogens with zero attached hydrogens (tertiary/aromatic N) is 4.